The quantitative estimate of drug-likeness (QED) is 0.236. The summed E-state index contributed by atoms with van der Waals surface area (Å²) in [7, 11) is 1.12. The first-order valence-corrected chi connectivity index (χ1v) is 9.15. The van der Waals surface area contributed by atoms with Gasteiger partial charge < -0.3 is 20.1 Å². The molecule has 34 heavy (non-hydrogen) atoms. The number of carbonyl (C=O) groups excluding carboxylic acids is 2. The number of benzene rings is 2. The van der Waals surface area contributed by atoms with Crippen LogP contribution in [0.1, 0.15) is 15.9 Å². The maximum Gasteiger partial charge on any atom is 0.405 e. The minimum Gasteiger partial charge on any atom is -0.493 e. The second-order valence-electron chi connectivity index (χ2n) is 6.40. The number of halogens is 5. The van der Waals surface area contributed by atoms with Crippen LogP contribution in [0.15, 0.2) is 42.5 Å². The Labute approximate surface area is 188 Å². The van der Waals surface area contributed by atoms with Crippen LogP contribution in [0.5, 0.6) is 11.5 Å². The van der Waals surface area contributed by atoms with Gasteiger partial charge in [-0.3, -0.25) is 19.7 Å². The lowest BCUT2D eigenvalue weighted by atomic mass is 10.1. The number of hydrogen-bond acceptors (Lipinski definition) is 6. The molecule has 0 saturated heterocycles. The maximum absolute atomic E-state index is 12.5. The standard InChI is InChI=1S/C20H16F5N3O6/c1-33-15-8-11(14(28(31)32)9-16(15)34-19(21)22)5-6-17(29)27-13-4-2-3-12(7-13)18(30)26-10-20(23,24)25/h2-9,19H,10H2,1H3,(H,26,30)(H,27,29)/b6-5+. The summed E-state index contributed by atoms with van der Waals surface area (Å²) in [5, 5.41) is 15.3. The van der Waals surface area contributed by atoms with Crippen LogP contribution in [-0.4, -0.2) is 43.2 Å². The fourth-order valence-corrected chi connectivity index (χ4v) is 2.57. The Morgan fingerprint density at radius 2 is 1.88 bits per heavy atom. The predicted molar refractivity (Wildman–Crippen MR) is 109 cm³/mol. The molecule has 2 aromatic rings. The number of rotatable bonds is 9. The van der Waals surface area contributed by atoms with Crippen LogP contribution in [0, 0.1) is 10.1 Å². The molecule has 182 valence electrons. The number of carbonyl (C=O) groups is 2. The molecule has 0 bridgehead atoms. The van der Waals surface area contributed by atoms with Crippen LogP contribution in [0.3, 0.4) is 0 Å². The number of anilines is 1. The summed E-state index contributed by atoms with van der Waals surface area (Å²) in [4.78, 5) is 34.4. The molecule has 2 amide bonds. The Hall–Kier alpha value is -4.23. The van der Waals surface area contributed by atoms with E-state index in [1.54, 1.807) is 5.32 Å². The highest BCUT2D eigenvalue weighted by molar-refractivity contribution is 6.03. The van der Waals surface area contributed by atoms with E-state index in [0.29, 0.717) is 6.07 Å². The molecule has 0 aliphatic carbocycles. The Morgan fingerprint density at radius 1 is 1.18 bits per heavy atom. The summed E-state index contributed by atoms with van der Waals surface area (Å²) in [5.41, 5.74) is -0.911. The van der Waals surface area contributed by atoms with Crippen molar-refractivity contribution in [2.24, 2.45) is 0 Å². The monoisotopic (exact) mass is 489 g/mol. The van der Waals surface area contributed by atoms with Crippen LogP contribution in [-0.2, 0) is 4.79 Å². The van der Waals surface area contributed by atoms with Gasteiger partial charge in [-0.25, -0.2) is 0 Å². The first kappa shape index (κ1) is 26.0. The third-order valence-corrected chi connectivity index (χ3v) is 3.98. The third-order valence-electron chi connectivity index (χ3n) is 3.98. The molecular weight excluding hydrogens is 473 g/mol. The minimum atomic E-state index is -4.60. The van der Waals surface area contributed by atoms with Gasteiger partial charge in [-0.1, -0.05) is 6.07 Å². The fourth-order valence-electron chi connectivity index (χ4n) is 2.57. The van der Waals surface area contributed by atoms with E-state index >= 15 is 0 Å². The maximum atomic E-state index is 12.5. The van der Waals surface area contributed by atoms with E-state index in [9.17, 15) is 41.7 Å². The molecular formula is C20H16F5N3O6. The SMILES string of the molecule is COc1cc(/C=C/C(=O)Nc2cccc(C(=O)NCC(F)(F)F)c2)c([N+](=O)[O-])cc1OC(F)F. The number of ether oxygens (including phenoxy) is 2. The molecule has 0 aliphatic rings. The van der Waals surface area contributed by atoms with Gasteiger partial charge in [-0.15, -0.1) is 0 Å². The number of nitrogens with zero attached hydrogens (tertiary/aromatic N) is 1. The van der Waals surface area contributed by atoms with Gasteiger partial charge >= 0.3 is 12.8 Å². The summed E-state index contributed by atoms with van der Waals surface area (Å²) in [6.07, 6.45) is -2.70. The number of nitro benzene ring substituents is 1. The Morgan fingerprint density at radius 3 is 2.47 bits per heavy atom. The van der Waals surface area contributed by atoms with E-state index in [1.165, 1.54) is 18.2 Å². The molecule has 0 atom stereocenters. The van der Waals surface area contributed by atoms with Crippen LogP contribution < -0.4 is 20.1 Å². The number of hydrogen-bond donors (Lipinski definition) is 2. The van der Waals surface area contributed by atoms with Crippen LogP contribution in [0.25, 0.3) is 6.08 Å². The van der Waals surface area contributed by atoms with Crippen molar-refractivity contribution in [3.8, 4) is 11.5 Å². The Bertz CT molecular complexity index is 1100. The summed E-state index contributed by atoms with van der Waals surface area (Å²) < 4.78 is 70.8. The average molecular weight is 489 g/mol. The summed E-state index contributed by atoms with van der Waals surface area (Å²) in [6.45, 7) is -4.79. The number of nitro groups is 1. The zero-order valence-electron chi connectivity index (χ0n) is 17.2. The summed E-state index contributed by atoms with van der Waals surface area (Å²) in [5.74, 6) is -2.65. The van der Waals surface area contributed by atoms with E-state index < -0.39 is 47.5 Å². The lowest BCUT2D eigenvalue weighted by Crippen LogP contribution is -2.33. The summed E-state index contributed by atoms with van der Waals surface area (Å²) >= 11 is 0. The number of alkyl halides is 5. The van der Waals surface area contributed by atoms with E-state index in [-0.39, 0.29) is 22.6 Å². The van der Waals surface area contributed by atoms with Gasteiger partial charge in [0.1, 0.15) is 6.54 Å². The van der Waals surface area contributed by atoms with Crippen molar-refractivity contribution >= 4 is 29.3 Å². The predicted octanol–water partition coefficient (Wildman–Crippen LogP) is 4.15. The second kappa shape index (κ2) is 11.1. The zero-order valence-corrected chi connectivity index (χ0v) is 17.2. The highest BCUT2D eigenvalue weighted by atomic mass is 19.4. The number of amides is 2. The van der Waals surface area contributed by atoms with E-state index in [0.717, 1.165) is 31.4 Å². The molecule has 0 unspecified atom stereocenters. The third kappa shape index (κ3) is 7.72. The van der Waals surface area contributed by atoms with E-state index in [4.69, 9.17) is 4.74 Å². The highest BCUT2D eigenvalue weighted by Crippen LogP contribution is 2.36. The van der Waals surface area contributed by atoms with E-state index in [2.05, 4.69) is 10.1 Å². The average Bonchev–Trinajstić information content (AvgIpc) is 2.75. The van der Waals surface area contributed by atoms with Crippen molar-refractivity contribution in [3.05, 3.63) is 63.7 Å². The van der Waals surface area contributed by atoms with Gasteiger partial charge in [0.15, 0.2) is 11.5 Å². The van der Waals surface area contributed by atoms with Crippen molar-refractivity contribution in [2.45, 2.75) is 12.8 Å². The van der Waals surface area contributed by atoms with Gasteiger partial charge in [0.2, 0.25) is 5.91 Å². The molecule has 0 aliphatic heterocycles. The molecule has 0 radical (unpaired) electrons. The molecule has 0 saturated carbocycles. The number of nitrogens with one attached hydrogen (secondary N) is 2. The molecule has 2 rings (SSSR count). The second-order valence-corrected chi connectivity index (χ2v) is 6.40. The zero-order chi connectivity index (χ0) is 25.5. The van der Waals surface area contributed by atoms with Crippen LogP contribution >= 0.6 is 0 Å². The lowest BCUT2D eigenvalue weighted by Gasteiger charge is -2.11. The van der Waals surface area contributed by atoms with Gasteiger partial charge in [0.05, 0.1) is 23.7 Å². The van der Waals surface area contributed by atoms with Gasteiger partial charge in [0, 0.05) is 17.3 Å². The largest absolute Gasteiger partial charge is 0.493 e. The summed E-state index contributed by atoms with van der Waals surface area (Å²) in [6, 6.07) is 6.76. The molecule has 0 spiro atoms. The molecule has 2 aromatic carbocycles. The lowest BCUT2D eigenvalue weighted by molar-refractivity contribution is -0.385. The van der Waals surface area contributed by atoms with Crippen molar-refractivity contribution in [2.75, 3.05) is 19.0 Å². The molecule has 0 aromatic heterocycles. The molecule has 9 nitrogen and oxygen atoms in total. The highest BCUT2D eigenvalue weighted by Gasteiger charge is 2.28. The molecule has 2 N–H and O–H groups in total. The Kier molecular flexibility index (Phi) is 8.47. The molecule has 14 heteroatoms. The first-order chi connectivity index (χ1) is 15.9. The van der Waals surface area contributed by atoms with Gasteiger partial charge in [-0.05, 0) is 30.3 Å². The smallest absolute Gasteiger partial charge is 0.405 e. The first-order valence-electron chi connectivity index (χ1n) is 9.15. The number of methoxy groups -OCH3 is 1. The fraction of sp³-hybridized carbons (Fsp3) is 0.200. The Balaban J connectivity index is 2.19. The van der Waals surface area contributed by atoms with Crippen molar-refractivity contribution < 1.29 is 45.9 Å². The van der Waals surface area contributed by atoms with Gasteiger partial charge in [0.25, 0.3) is 11.6 Å². The minimum absolute atomic E-state index is 0.0575. The van der Waals surface area contributed by atoms with Crippen LogP contribution in [0.2, 0.25) is 0 Å². The van der Waals surface area contributed by atoms with Gasteiger partial charge in [-0.2, -0.15) is 22.0 Å². The van der Waals surface area contributed by atoms with Crippen molar-refractivity contribution in [3.63, 3.8) is 0 Å². The van der Waals surface area contributed by atoms with Crippen molar-refractivity contribution in [1.29, 1.82) is 0 Å². The topological polar surface area (TPSA) is 120 Å². The normalized spacial score (nSPS) is 11.4. The molecule has 0 fully saturated rings. The van der Waals surface area contributed by atoms with Crippen LogP contribution in [0.4, 0.5) is 33.3 Å². The molecule has 0 heterocycles. The van der Waals surface area contributed by atoms with Crippen molar-refractivity contribution in [1.82, 2.24) is 5.32 Å². The van der Waals surface area contributed by atoms with E-state index in [1.807, 2.05) is 0 Å².